The molecule has 0 saturated heterocycles. The van der Waals surface area contributed by atoms with Crippen molar-refractivity contribution in [2.24, 2.45) is 5.10 Å². The Morgan fingerprint density at radius 3 is 2.18 bits per heavy atom. The molecule has 0 unspecified atom stereocenters. The number of carbonyl (C=O) groups excluding carboxylic acids is 2. The van der Waals surface area contributed by atoms with Gasteiger partial charge in [-0.2, -0.15) is 5.10 Å². The quantitative estimate of drug-likeness (QED) is 0.280. The molecule has 0 spiro atoms. The van der Waals surface area contributed by atoms with Gasteiger partial charge in [0.25, 0.3) is 5.91 Å². The van der Waals surface area contributed by atoms with E-state index in [4.69, 9.17) is 9.47 Å². The summed E-state index contributed by atoms with van der Waals surface area (Å²) in [4.78, 5) is 23.4. The molecule has 0 saturated carbocycles. The second-order valence-electron chi connectivity index (χ2n) is 6.92. The summed E-state index contributed by atoms with van der Waals surface area (Å²) in [7, 11) is 2.95. The summed E-state index contributed by atoms with van der Waals surface area (Å²) in [5.41, 5.74) is 5.53. The Bertz CT molecular complexity index is 1080. The molecule has 0 aliphatic heterocycles. The van der Waals surface area contributed by atoms with Crippen LogP contribution in [0, 0.1) is 0 Å². The lowest BCUT2D eigenvalue weighted by Gasteiger charge is -2.07. The smallest absolute Gasteiger partial charge is 0.337 e. The van der Waals surface area contributed by atoms with Crippen LogP contribution in [0.1, 0.15) is 21.5 Å². The van der Waals surface area contributed by atoms with Crippen molar-refractivity contribution in [2.75, 3.05) is 26.1 Å². The van der Waals surface area contributed by atoms with Gasteiger partial charge < -0.3 is 19.5 Å². The van der Waals surface area contributed by atoms with Crippen molar-refractivity contribution in [2.45, 2.75) is 6.61 Å². The van der Waals surface area contributed by atoms with Crippen molar-refractivity contribution in [1.29, 1.82) is 0 Å². The highest BCUT2D eigenvalue weighted by molar-refractivity contribution is 5.89. The summed E-state index contributed by atoms with van der Waals surface area (Å²) in [6.07, 6.45) is 1.56. The van der Waals surface area contributed by atoms with Crippen LogP contribution in [0.5, 0.6) is 11.5 Å². The maximum Gasteiger partial charge on any atom is 0.337 e. The van der Waals surface area contributed by atoms with Gasteiger partial charge in [-0.25, -0.2) is 10.2 Å². The van der Waals surface area contributed by atoms with Crippen LogP contribution in [0.3, 0.4) is 0 Å². The van der Waals surface area contributed by atoms with E-state index in [1.807, 2.05) is 60.7 Å². The van der Waals surface area contributed by atoms with Gasteiger partial charge in [0, 0.05) is 5.69 Å². The minimum atomic E-state index is -0.371. The Hall–Kier alpha value is -4.33. The number of anilines is 1. The first kappa shape index (κ1) is 23.3. The van der Waals surface area contributed by atoms with Crippen molar-refractivity contribution in [3.63, 3.8) is 0 Å². The van der Waals surface area contributed by atoms with E-state index in [2.05, 4.69) is 20.6 Å². The van der Waals surface area contributed by atoms with E-state index in [0.29, 0.717) is 17.9 Å². The van der Waals surface area contributed by atoms with Crippen molar-refractivity contribution in [3.05, 3.63) is 89.5 Å². The monoisotopic (exact) mass is 447 g/mol. The Morgan fingerprint density at radius 2 is 1.55 bits per heavy atom. The van der Waals surface area contributed by atoms with E-state index in [1.165, 1.54) is 7.11 Å². The molecule has 2 N–H and O–H groups in total. The molecule has 3 aromatic rings. The number of carbonyl (C=O) groups is 2. The number of ether oxygens (including phenoxy) is 3. The SMILES string of the molecule is COC(=O)c1ccc(COc2ccc(/C=N/NC(=O)CNc3ccc(OC)cc3)cc2)cc1. The highest BCUT2D eigenvalue weighted by Gasteiger charge is 2.05. The molecule has 0 heterocycles. The maximum atomic E-state index is 11.9. The van der Waals surface area contributed by atoms with E-state index < -0.39 is 0 Å². The average molecular weight is 447 g/mol. The van der Waals surface area contributed by atoms with Gasteiger partial charge in [-0.05, 0) is 71.8 Å². The lowest BCUT2D eigenvalue weighted by Crippen LogP contribution is -2.25. The minimum absolute atomic E-state index is 0.0943. The molecular formula is C25H25N3O5. The van der Waals surface area contributed by atoms with Crippen molar-refractivity contribution >= 4 is 23.8 Å². The molecule has 8 nitrogen and oxygen atoms in total. The van der Waals surface area contributed by atoms with Crippen LogP contribution in [0.4, 0.5) is 5.69 Å². The summed E-state index contributed by atoms with van der Waals surface area (Å²) in [5.74, 6) is 0.807. The Morgan fingerprint density at radius 1 is 0.879 bits per heavy atom. The zero-order valence-electron chi connectivity index (χ0n) is 18.4. The summed E-state index contributed by atoms with van der Waals surface area (Å²) in [6, 6.07) is 21.6. The number of hydrazone groups is 1. The number of esters is 1. The molecule has 8 heteroatoms. The molecule has 0 aliphatic rings. The number of methoxy groups -OCH3 is 2. The van der Waals surface area contributed by atoms with Gasteiger partial charge >= 0.3 is 5.97 Å². The van der Waals surface area contributed by atoms with E-state index in [-0.39, 0.29) is 18.4 Å². The number of hydrogen-bond donors (Lipinski definition) is 2. The van der Waals surface area contributed by atoms with Gasteiger partial charge in [0.15, 0.2) is 0 Å². The third-order valence-corrected chi connectivity index (χ3v) is 4.61. The molecule has 0 bridgehead atoms. The maximum absolute atomic E-state index is 11.9. The summed E-state index contributed by atoms with van der Waals surface area (Å²) < 4.78 is 15.5. The molecular weight excluding hydrogens is 422 g/mol. The molecule has 33 heavy (non-hydrogen) atoms. The fraction of sp³-hybridized carbons (Fsp3) is 0.160. The summed E-state index contributed by atoms with van der Waals surface area (Å²) in [6.45, 7) is 0.462. The first-order chi connectivity index (χ1) is 16.1. The molecule has 3 aromatic carbocycles. The van der Waals surface area contributed by atoms with Crippen LogP contribution < -0.4 is 20.2 Å². The number of benzene rings is 3. The predicted molar refractivity (Wildman–Crippen MR) is 126 cm³/mol. The fourth-order valence-electron chi connectivity index (χ4n) is 2.78. The van der Waals surface area contributed by atoms with E-state index in [0.717, 1.165) is 22.6 Å². The normalized spacial score (nSPS) is 10.5. The third kappa shape index (κ3) is 7.39. The second kappa shape index (κ2) is 11.9. The molecule has 170 valence electrons. The molecule has 1 amide bonds. The van der Waals surface area contributed by atoms with Crippen molar-refractivity contribution < 1.29 is 23.8 Å². The van der Waals surface area contributed by atoms with E-state index in [9.17, 15) is 9.59 Å². The van der Waals surface area contributed by atoms with Gasteiger partial charge in [0.2, 0.25) is 0 Å². The molecule has 0 atom stereocenters. The third-order valence-electron chi connectivity index (χ3n) is 4.61. The lowest BCUT2D eigenvalue weighted by atomic mass is 10.1. The van der Waals surface area contributed by atoms with Crippen LogP contribution in [0.2, 0.25) is 0 Å². The lowest BCUT2D eigenvalue weighted by molar-refractivity contribution is -0.119. The van der Waals surface area contributed by atoms with E-state index in [1.54, 1.807) is 25.5 Å². The molecule has 0 aliphatic carbocycles. The number of rotatable bonds is 10. The van der Waals surface area contributed by atoms with Gasteiger partial charge in [-0.15, -0.1) is 0 Å². The largest absolute Gasteiger partial charge is 0.497 e. The highest BCUT2D eigenvalue weighted by Crippen LogP contribution is 2.15. The van der Waals surface area contributed by atoms with Gasteiger partial charge in [-0.1, -0.05) is 12.1 Å². The Kier molecular flexibility index (Phi) is 8.41. The van der Waals surface area contributed by atoms with Gasteiger partial charge in [0.05, 0.1) is 32.5 Å². The highest BCUT2D eigenvalue weighted by atomic mass is 16.5. The van der Waals surface area contributed by atoms with Gasteiger partial charge in [-0.3, -0.25) is 4.79 Å². The zero-order valence-corrected chi connectivity index (χ0v) is 18.4. The number of nitrogens with one attached hydrogen (secondary N) is 2. The average Bonchev–Trinajstić information content (AvgIpc) is 2.87. The molecule has 0 fully saturated rings. The topological polar surface area (TPSA) is 98.3 Å². The summed E-state index contributed by atoms with van der Waals surface area (Å²) >= 11 is 0. The molecule has 0 aromatic heterocycles. The van der Waals surface area contributed by atoms with Gasteiger partial charge in [0.1, 0.15) is 18.1 Å². The summed E-state index contributed by atoms with van der Waals surface area (Å²) in [5, 5.41) is 6.98. The van der Waals surface area contributed by atoms with Crippen LogP contribution in [0.25, 0.3) is 0 Å². The number of amides is 1. The van der Waals surface area contributed by atoms with Crippen molar-refractivity contribution in [1.82, 2.24) is 5.43 Å². The minimum Gasteiger partial charge on any atom is -0.497 e. The molecule has 3 rings (SSSR count). The van der Waals surface area contributed by atoms with Crippen LogP contribution in [-0.4, -0.2) is 38.9 Å². The van der Waals surface area contributed by atoms with Crippen molar-refractivity contribution in [3.8, 4) is 11.5 Å². The van der Waals surface area contributed by atoms with E-state index >= 15 is 0 Å². The predicted octanol–water partition coefficient (Wildman–Crippen LogP) is 3.62. The number of nitrogens with zero attached hydrogens (tertiary/aromatic N) is 1. The molecule has 0 radical (unpaired) electrons. The van der Waals surface area contributed by atoms with Crippen LogP contribution in [0.15, 0.2) is 77.9 Å². The fourth-order valence-corrected chi connectivity index (χ4v) is 2.78. The first-order valence-corrected chi connectivity index (χ1v) is 10.2. The first-order valence-electron chi connectivity index (χ1n) is 10.2. The second-order valence-corrected chi connectivity index (χ2v) is 6.92. The standard InChI is InChI=1S/C25H25N3O5/c1-31-22-13-9-21(10-14-22)26-16-24(29)28-27-15-18-5-11-23(12-6-18)33-17-19-3-7-20(8-4-19)25(30)32-2/h3-15,26H,16-17H2,1-2H3,(H,28,29)/b27-15+. The van der Waals surface area contributed by atoms with Crippen LogP contribution in [-0.2, 0) is 16.1 Å². The Labute approximate surface area is 192 Å². The van der Waals surface area contributed by atoms with Crippen LogP contribution >= 0.6 is 0 Å². The number of hydrogen-bond acceptors (Lipinski definition) is 7. The zero-order chi connectivity index (χ0) is 23.5. The Balaban J connectivity index is 1.41.